The number of hydrogen-bond donors (Lipinski definition) is 0. The molecule has 0 unspecified atom stereocenters. The number of nitrogens with zero attached hydrogens (tertiary/aromatic N) is 4. The average molecular weight is 427 g/mol. The molecular weight excluding hydrogens is 392 g/mol. The zero-order valence-electron chi connectivity index (χ0n) is 19.6. The van der Waals surface area contributed by atoms with Crippen LogP contribution < -0.4 is 0 Å². The predicted octanol–water partition coefficient (Wildman–Crippen LogP) is 7.62. The summed E-state index contributed by atoms with van der Waals surface area (Å²) >= 11 is 1.32. The van der Waals surface area contributed by atoms with E-state index < -0.39 is 0 Å². The standard InChI is InChI=1S/C12H16N2S.C10H12N2O.C2H6/c1-7(2)9-5-6-10(8(3)4)12-11(9)13-15-14-12;1-6(2)8-5-4-7(3)9-10(8)12-13-11-9;1-2/h5-8H,1-4H3;4-6H,1-3H3;1-2H3. The van der Waals surface area contributed by atoms with Crippen LogP contribution in [0, 0.1) is 6.92 Å². The fourth-order valence-electron chi connectivity index (χ4n) is 3.31. The van der Waals surface area contributed by atoms with E-state index in [1.54, 1.807) is 0 Å². The summed E-state index contributed by atoms with van der Waals surface area (Å²) in [4.78, 5) is 0. The zero-order chi connectivity index (χ0) is 22.4. The Labute approximate surface area is 184 Å². The van der Waals surface area contributed by atoms with E-state index in [9.17, 15) is 0 Å². The van der Waals surface area contributed by atoms with Gasteiger partial charge in [-0.15, -0.1) is 0 Å². The van der Waals surface area contributed by atoms with E-state index in [1.807, 2.05) is 20.8 Å². The molecule has 2 aromatic carbocycles. The van der Waals surface area contributed by atoms with Gasteiger partial charge in [0, 0.05) is 0 Å². The highest BCUT2D eigenvalue weighted by Gasteiger charge is 2.14. The monoisotopic (exact) mass is 426 g/mol. The second kappa shape index (κ2) is 10.6. The third-order valence-corrected chi connectivity index (χ3v) is 5.52. The van der Waals surface area contributed by atoms with Crippen molar-refractivity contribution in [1.82, 2.24) is 19.1 Å². The molecule has 0 aliphatic rings. The molecule has 0 radical (unpaired) electrons. The first-order valence-corrected chi connectivity index (χ1v) is 11.5. The highest BCUT2D eigenvalue weighted by molar-refractivity contribution is 7.00. The van der Waals surface area contributed by atoms with Crippen molar-refractivity contribution < 1.29 is 4.63 Å². The van der Waals surface area contributed by atoms with Crippen molar-refractivity contribution in [3.63, 3.8) is 0 Å². The van der Waals surface area contributed by atoms with Gasteiger partial charge in [-0.05, 0) is 57.2 Å². The Bertz CT molecular complexity index is 1040. The number of aromatic nitrogens is 4. The van der Waals surface area contributed by atoms with Crippen LogP contribution in [-0.2, 0) is 0 Å². The van der Waals surface area contributed by atoms with Gasteiger partial charge in [0.1, 0.15) is 22.1 Å². The third kappa shape index (κ3) is 5.04. The molecule has 0 bridgehead atoms. The maximum Gasteiger partial charge on any atom is 0.138 e. The highest BCUT2D eigenvalue weighted by atomic mass is 32.1. The van der Waals surface area contributed by atoms with Gasteiger partial charge in [0.15, 0.2) is 0 Å². The normalized spacial score (nSPS) is 11.1. The minimum Gasteiger partial charge on any atom is -0.243 e. The van der Waals surface area contributed by atoms with Crippen molar-refractivity contribution in [3.05, 3.63) is 46.5 Å². The highest BCUT2D eigenvalue weighted by Crippen LogP contribution is 2.30. The number of fused-ring (bicyclic) bond motifs is 2. The molecule has 0 spiro atoms. The average Bonchev–Trinajstić information content (AvgIpc) is 3.39. The molecule has 0 atom stereocenters. The fraction of sp³-hybridized carbons (Fsp3) is 0.500. The molecule has 0 aliphatic carbocycles. The van der Waals surface area contributed by atoms with Crippen molar-refractivity contribution in [3.8, 4) is 0 Å². The van der Waals surface area contributed by atoms with Gasteiger partial charge in [0.2, 0.25) is 0 Å². The van der Waals surface area contributed by atoms with Crippen LogP contribution in [0.4, 0.5) is 0 Å². The lowest BCUT2D eigenvalue weighted by atomic mass is 9.95. The largest absolute Gasteiger partial charge is 0.243 e. The molecule has 162 valence electrons. The fourth-order valence-corrected chi connectivity index (χ4v) is 3.90. The summed E-state index contributed by atoms with van der Waals surface area (Å²) in [5.74, 6) is 1.48. The SMILES string of the molecule is CC.CC(C)c1ccc(C(C)C)c2nsnc12.Cc1ccc(C(C)C)c2nonc12. The quantitative estimate of drug-likeness (QED) is 0.337. The molecule has 4 rings (SSSR count). The summed E-state index contributed by atoms with van der Waals surface area (Å²) in [5.41, 5.74) is 8.90. The first kappa shape index (κ1) is 23.9. The lowest BCUT2D eigenvalue weighted by Crippen LogP contribution is -1.94. The molecular formula is C24H34N4OS. The molecule has 0 fully saturated rings. The van der Waals surface area contributed by atoms with Gasteiger partial charge in [0.25, 0.3) is 0 Å². The molecule has 2 aromatic heterocycles. The van der Waals surface area contributed by atoms with Crippen LogP contribution >= 0.6 is 11.7 Å². The number of rotatable bonds is 3. The second-order valence-electron chi connectivity index (χ2n) is 8.10. The van der Waals surface area contributed by atoms with Crippen molar-refractivity contribution in [2.24, 2.45) is 0 Å². The molecule has 30 heavy (non-hydrogen) atoms. The van der Waals surface area contributed by atoms with E-state index in [4.69, 9.17) is 4.63 Å². The van der Waals surface area contributed by atoms with Gasteiger partial charge in [-0.2, -0.15) is 8.75 Å². The van der Waals surface area contributed by atoms with Gasteiger partial charge in [-0.3, -0.25) is 0 Å². The molecule has 0 N–H and O–H groups in total. The lowest BCUT2D eigenvalue weighted by molar-refractivity contribution is 0.315. The summed E-state index contributed by atoms with van der Waals surface area (Å²) in [7, 11) is 0. The first-order valence-electron chi connectivity index (χ1n) is 10.8. The van der Waals surface area contributed by atoms with Crippen LogP contribution in [0.25, 0.3) is 22.1 Å². The predicted molar refractivity (Wildman–Crippen MR) is 128 cm³/mol. The molecule has 4 aromatic rings. The van der Waals surface area contributed by atoms with Crippen molar-refractivity contribution in [2.45, 2.75) is 80.1 Å². The maximum atomic E-state index is 4.74. The molecule has 2 heterocycles. The molecule has 0 saturated carbocycles. The van der Waals surface area contributed by atoms with E-state index >= 15 is 0 Å². The summed E-state index contributed by atoms with van der Waals surface area (Å²) in [6.07, 6.45) is 0. The van der Waals surface area contributed by atoms with Crippen LogP contribution in [0.1, 0.15) is 95.4 Å². The second-order valence-corrected chi connectivity index (χ2v) is 8.63. The molecule has 0 aliphatic heterocycles. The molecule has 5 nitrogen and oxygen atoms in total. The Hall–Kier alpha value is -2.34. The van der Waals surface area contributed by atoms with Crippen LogP contribution in [0.2, 0.25) is 0 Å². The summed E-state index contributed by atoms with van der Waals surface area (Å²) in [6.45, 7) is 19.1. The lowest BCUT2D eigenvalue weighted by Gasteiger charge is -2.10. The van der Waals surface area contributed by atoms with Gasteiger partial charge in [0.05, 0.1) is 11.7 Å². The molecule has 6 heteroatoms. The first-order chi connectivity index (χ1) is 14.3. The Morgan fingerprint density at radius 1 is 0.633 bits per heavy atom. The van der Waals surface area contributed by atoms with Gasteiger partial charge < -0.3 is 0 Å². The molecule has 0 saturated heterocycles. The van der Waals surface area contributed by atoms with Crippen molar-refractivity contribution in [2.75, 3.05) is 0 Å². The number of hydrogen-bond acceptors (Lipinski definition) is 6. The van der Waals surface area contributed by atoms with Crippen LogP contribution in [0.3, 0.4) is 0 Å². The number of benzene rings is 2. The summed E-state index contributed by atoms with van der Waals surface area (Å²) < 4.78 is 13.6. The topological polar surface area (TPSA) is 64.7 Å². The Kier molecular flexibility index (Phi) is 8.47. The zero-order valence-corrected chi connectivity index (χ0v) is 20.5. The van der Waals surface area contributed by atoms with E-state index in [0.717, 1.165) is 27.6 Å². The van der Waals surface area contributed by atoms with E-state index in [1.165, 1.54) is 28.4 Å². The smallest absolute Gasteiger partial charge is 0.138 e. The van der Waals surface area contributed by atoms with E-state index in [2.05, 4.69) is 84.9 Å². The number of aryl methyl sites for hydroxylation is 1. The minimum absolute atomic E-state index is 0.454. The van der Waals surface area contributed by atoms with Gasteiger partial charge in [-0.25, -0.2) is 4.63 Å². The summed E-state index contributed by atoms with van der Waals surface area (Å²) in [5, 5.41) is 7.79. The van der Waals surface area contributed by atoms with Crippen LogP contribution in [0.5, 0.6) is 0 Å². The van der Waals surface area contributed by atoms with Crippen LogP contribution in [0.15, 0.2) is 28.9 Å². The van der Waals surface area contributed by atoms with E-state index in [-0.39, 0.29) is 0 Å². The Balaban J connectivity index is 0.000000199. The van der Waals surface area contributed by atoms with Gasteiger partial charge >= 0.3 is 0 Å². The molecule has 0 amide bonds. The van der Waals surface area contributed by atoms with Crippen molar-refractivity contribution in [1.29, 1.82) is 0 Å². The Morgan fingerprint density at radius 2 is 1.03 bits per heavy atom. The van der Waals surface area contributed by atoms with Crippen molar-refractivity contribution >= 4 is 33.8 Å². The third-order valence-electron chi connectivity index (χ3n) is 4.99. The Morgan fingerprint density at radius 3 is 1.50 bits per heavy atom. The van der Waals surface area contributed by atoms with Gasteiger partial charge in [-0.1, -0.05) is 79.7 Å². The van der Waals surface area contributed by atoms with Crippen LogP contribution in [-0.4, -0.2) is 19.1 Å². The van der Waals surface area contributed by atoms with E-state index in [0.29, 0.717) is 17.8 Å². The maximum absolute atomic E-state index is 4.74. The summed E-state index contributed by atoms with van der Waals surface area (Å²) in [6, 6.07) is 8.54. The minimum atomic E-state index is 0.454.